The number of non-ortho nitro benzene ring substituents is 1. The summed E-state index contributed by atoms with van der Waals surface area (Å²) < 4.78 is 4.12. The maximum Gasteiger partial charge on any atom is 0.269 e. The molecule has 0 saturated carbocycles. The summed E-state index contributed by atoms with van der Waals surface area (Å²) in [5.74, 6) is 0. The zero-order valence-corrected chi connectivity index (χ0v) is 12.8. The quantitative estimate of drug-likeness (QED) is 0.428. The number of aromatic nitrogens is 2. The van der Waals surface area contributed by atoms with Gasteiger partial charge in [0.15, 0.2) is 0 Å². The van der Waals surface area contributed by atoms with Gasteiger partial charge in [0, 0.05) is 17.8 Å². The van der Waals surface area contributed by atoms with Gasteiger partial charge in [-0.3, -0.25) is 10.1 Å². The first-order valence-electron chi connectivity index (χ1n) is 6.60. The van der Waals surface area contributed by atoms with Crippen molar-refractivity contribution in [2.45, 2.75) is 25.9 Å². The van der Waals surface area contributed by atoms with Crippen LogP contribution in [0.25, 0.3) is 0 Å². The van der Waals surface area contributed by atoms with E-state index in [-0.39, 0.29) is 29.1 Å². The largest absolute Gasteiger partial charge is 1.00 e. The third-order valence-electron chi connectivity index (χ3n) is 3.20. The summed E-state index contributed by atoms with van der Waals surface area (Å²) in [6.45, 7) is 2.97. The first-order valence-corrected chi connectivity index (χ1v) is 6.60. The van der Waals surface area contributed by atoms with Crippen LogP contribution in [0.2, 0.25) is 0 Å². The van der Waals surface area contributed by atoms with E-state index in [1.54, 1.807) is 12.1 Å². The van der Waals surface area contributed by atoms with Gasteiger partial charge in [-0.15, -0.1) is 0 Å². The van der Waals surface area contributed by atoms with Crippen molar-refractivity contribution < 1.29 is 21.9 Å². The Morgan fingerprint density at radius 3 is 2.52 bits per heavy atom. The summed E-state index contributed by atoms with van der Waals surface area (Å²) in [7, 11) is 1.99. The first-order chi connectivity index (χ1) is 9.58. The van der Waals surface area contributed by atoms with E-state index in [1.165, 1.54) is 12.1 Å². The standard InChI is InChI=1S/C14H19N4O2.ClH/c1-3-12(10-17-9-8-16(2)11-17)15-13-4-6-14(7-5-13)18(19)20;/h4-9,11-12,15H,3,10H2,1-2H3;1H/q+1;/p-1. The Balaban J connectivity index is 0.00000220. The van der Waals surface area contributed by atoms with Gasteiger partial charge in [-0.1, -0.05) is 6.92 Å². The summed E-state index contributed by atoms with van der Waals surface area (Å²) in [5, 5.41) is 14.0. The van der Waals surface area contributed by atoms with Crippen LogP contribution < -0.4 is 22.3 Å². The minimum atomic E-state index is -0.388. The van der Waals surface area contributed by atoms with Crippen molar-refractivity contribution in [1.29, 1.82) is 0 Å². The number of anilines is 1. The van der Waals surface area contributed by atoms with Crippen LogP contribution in [0.1, 0.15) is 13.3 Å². The predicted octanol–water partition coefficient (Wildman–Crippen LogP) is -0.884. The third-order valence-corrected chi connectivity index (χ3v) is 3.20. The van der Waals surface area contributed by atoms with Gasteiger partial charge in [0.25, 0.3) is 5.69 Å². The van der Waals surface area contributed by atoms with E-state index in [1.807, 2.05) is 30.3 Å². The van der Waals surface area contributed by atoms with Crippen LogP contribution >= 0.6 is 0 Å². The Morgan fingerprint density at radius 2 is 2.05 bits per heavy atom. The molecule has 1 unspecified atom stereocenters. The van der Waals surface area contributed by atoms with Gasteiger partial charge in [0.2, 0.25) is 6.33 Å². The molecule has 0 aliphatic heterocycles. The summed E-state index contributed by atoms with van der Waals surface area (Å²) in [5.41, 5.74) is 1.01. The van der Waals surface area contributed by atoms with E-state index < -0.39 is 0 Å². The number of hydrogen-bond donors (Lipinski definition) is 1. The number of nitrogens with one attached hydrogen (secondary N) is 1. The van der Waals surface area contributed by atoms with Gasteiger partial charge >= 0.3 is 0 Å². The van der Waals surface area contributed by atoms with Crippen molar-refractivity contribution in [2.75, 3.05) is 5.32 Å². The van der Waals surface area contributed by atoms with Gasteiger partial charge in [0.05, 0.1) is 18.0 Å². The van der Waals surface area contributed by atoms with Gasteiger partial charge in [-0.2, -0.15) is 0 Å². The molecular weight excluding hydrogens is 292 g/mol. The average Bonchev–Trinajstić information content (AvgIpc) is 2.84. The Kier molecular flexibility index (Phi) is 6.17. The number of rotatable bonds is 6. The van der Waals surface area contributed by atoms with Crippen LogP contribution in [0.4, 0.5) is 11.4 Å². The lowest BCUT2D eigenvalue weighted by molar-refractivity contribution is -0.671. The second kappa shape index (κ2) is 7.64. The van der Waals surface area contributed by atoms with Gasteiger partial charge in [-0.25, -0.2) is 9.13 Å². The zero-order valence-electron chi connectivity index (χ0n) is 12.1. The number of nitro benzene ring substituents is 1. The molecule has 1 heterocycles. The number of aryl methyl sites for hydroxylation is 1. The molecule has 114 valence electrons. The lowest BCUT2D eigenvalue weighted by atomic mass is 10.2. The number of nitrogens with zero attached hydrogens (tertiary/aromatic N) is 3. The highest BCUT2D eigenvalue weighted by Crippen LogP contribution is 2.17. The molecule has 0 fully saturated rings. The lowest BCUT2D eigenvalue weighted by Gasteiger charge is -2.16. The average molecular weight is 311 g/mol. The fourth-order valence-electron chi connectivity index (χ4n) is 2.06. The Bertz CT molecular complexity index is 583. The number of imidazole rings is 1. The molecule has 0 radical (unpaired) electrons. The molecule has 0 aliphatic carbocycles. The highest BCUT2D eigenvalue weighted by molar-refractivity contribution is 5.49. The summed E-state index contributed by atoms with van der Waals surface area (Å²) >= 11 is 0. The second-order valence-corrected chi connectivity index (χ2v) is 4.83. The van der Waals surface area contributed by atoms with Crippen LogP contribution in [0.15, 0.2) is 43.0 Å². The van der Waals surface area contributed by atoms with Crippen molar-refractivity contribution in [1.82, 2.24) is 4.57 Å². The van der Waals surface area contributed by atoms with Crippen LogP contribution in [0.3, 0.4) is 0 Å². The van der Waals surface area contributed by atoms with E-state index in [4.69, 9.17) is 0 Å². The fourth-order valence-corrected chi connectivity index (χ4v) is 2.06. The van der Waals surface area contributed by atoms with Crippen LogP contribution in [0, 0.1) is 10.1 Å². The van der Waals surface area contributed by atoms with E-state index in [0.717, 1.165) is 18.7 Å². The van der Waals surface area contributed by atoms with Crippen molar-refractivity contribution in [3.8, 4) is 0 Å². The summed E-state index contributed by atoms with van der Waals surface area (Å²) in [4.78, 5) is 10.2. The number of halogens is 1. The van der Waals surface area contributed by atoms with E-state index in [9.17, 15) is 10.1 Å². The van der Waals surface area contributed by atoms with Gasteiger partial charge in [-0.05, 0) is 18.6 Å². The molecule has 6 nitrogen and oxygen atoms in total. The second-order valence-electron chi connectivity index (χ2n) is 4.83. The normalized spacial score (nSPS) is 11.5. The van der Waals surface area contributed by atoms with E-state index in [0.29, 0.717) is 0 Å². The molecule has 0 spiro atoms. The lowest BCUT2D eigenvalue weighted by Crippen LogP contribution is -3.00. The molecule has 1 aromatic heterocycles. The first kappa shape index (κ1) is 17.0. The maximum absolute atomic E-state index is 10.6. The minimum absolute atomic E-state index is 0. The molecule has 0 amide bonds. The van der Waals surface area contributed by atoms with E-state index in [2.05, 4.69) is 16.8 Å². The molecule has 7 heteroatoms. The topological polar surface area (TPSA) is 64.0 Å². The molecule has 21 heavy (non-hydrogen) atoms. The predicted molar refractivity (Wildman–Crippen MR) is 76.4 cm³/mol. The van der Waals surface area contributed by atoms with Crippen molar-refractivity contribution in [2.24, 2.45) is 7.05 Å². The number of benzene rings is 1. The highest BCUT2D eigenvalue weighted by Gasteiger charge is 2.12. The molecule has 2 aromatic rings. The Hall–Kier alpha value is -2.08. The highest BCUT2D eigenvalue weighted by atomic mass is 35.5. The monoisotopic (exact) mass is 310 g/mol. The fraction of sp³-hybridized carbons (Fsp3) is 0.357. The molecule has 1 N–H and O–H groups in total. The summed E-state index contributed by atoms with van der Waals surface area (Å²) in [6.07, 6.45) is 7.03. The van der Waals surface area contributed by atoms with Crippen molar-refractivity contribution in [3.63, 3.8) is 0 Å². The molecule has 0 saturated heterocycles. The van der Waals surface area contributed by atoms with Crippen molar-refractivity contribution >= 4 is 11.4 Å². The van der Waals surface area contributed by atoms with Crippen LogP contribution in [-0.2, 0) is 13.6 Å². The molecular formula is C14H19ClN4O2. The molecule has 2 rings (SSSR count). The minimum Gasteiger partial charge on any atom is -1.00 e. The van der Waals surface area contributed by atoms with E-state index >= 15 is 0 Å². The SMILES string of the molecule is CCC(Cn1cc[n+](C)c1)Nc1ccc([N+](=O)[O-])cc1.[Cl-]. The number of nitro groups is 1. The number of hydrogen-bond acceptors (Lipinski definition) is 3. The molecule has 0 bridgehead atoms. The smallest absolute Gasteiger partial charge is 0.269 e. The molecule has 0 aliphatic rings. The van der Waals surface area contributed by atoms with Crippen LogP contribution in [0.5, 0.6) is 0 Å². The summed E-state index contributed by atoms with van der Waals surface area (Å²) in [6, 6.07) is 6.81. The molecule has 1 atom stereocenters. The molecule has 1 aromatic carbocycles. The third kappa shape index (κ3) is 4.75. The van der Waals surface area contributed by atoms with Crippen LogP contribution in [-0.4, -0.2) is 15.5 Å². The Labute approximate surface area is 130 Å². The van der Waals surface area contributed by atoms with Gasteiger partial charge in [0.1, 0.15) is 18.9 Å². The maximum atomic E-state index is 10.6. The van der Waals surface area contributed by atoms with Gasteiger partial charge < -0.3 is 17.7 Å². The van der Waals surface area contributed by atoms with Crippen molar-refractivity contribution in [3.05, 3.63) is 53.1 Å². The Morgan fingerprint density at radius 1 is 1.38 bits per heavy atom. The zero-order chi connectivity index (χ0) is 14.5.